The Morgan fingerprint density at radius 2 is 2.19 bits per heavy atom. The first-order chi connectivity index (χ1) is 10.3. The predicted octanol–water partition coefficient (Wildman–Crippen LogP) is 0.987. The van der Waals surface area contributed by atoms with Gasteiger partial charge in [-0.05, 0) is 12.1 Å². The van der Waals surface area contributed by atoms with Crippen molar-refractivity contribution in [1.82, 2.24) is 20.7 Å². The van der Waals surface area contributed by atoms with Crippen LogP contribution in [0.2, 0.25) is 0 Å². The van der Waals surface area contributed by atoms with Gasteiger partial charge in [-0.3, -0.25) is 5.10 Å². The van der Waals surface area contributed by atoms with E-state index in [1.54, 1.807) is 19.5 Å². The second-order valence-corrected chi connectivity index (χ2v) is 4.03. The number of H-pyrrole nitrogens is 1. The number of hydrogen-bond donors (Lipinski definition) is 2. The molecule has 8 heteroatoms. The second kappa shape index (κ2) is 7.73. The standard InChI is InChI=1S/C11H13NO4.C2H3N3/c1-14-9-4-2-3-5-10(9)15-7-8-6-12-11(13)16-8;1-2-4-5-3-1/h2-5,8H,6-7H2,1H3,(H,12,13);1-2H,(H,3,4,5). The van der Waals surface area contributed by atoms with Crippen LogP contribution in [0.25, 0.3) is 0 Å². The molecule has 2 N–H and O–H groups in total. The molecule has 3 rings (SSSR count). The topological polar surface area (TPSA) is 98.4 Å². The van der Waals surface area contributed by atoms with Crippen molar-refractivity contribution in [3.63, 3.8) is 0 Å². The van der Waals surface area contributed by atoms with Crippen molar-refractivity contribution in [3.05, 3.63) is 36.7 Å². The van der Waals surface area contributed by atoms with E-state index in [-0.39, 0.29) is 6.10 Å². The van der Waals surface area contributed by atoms with Gasteiger partial charge in [-0.25, -0.2) is 4.79 Å². The number of methoxy groups -OCH3 is 1. The zero-order chi connectivity index (χ0) is 14.9. The van der Waals surface area contributed by atoms with E-state index in [2.05, 4.69) is 20.7 Å². The SMILES string of the molecule is COc1ccccc1OCC1CNC(=O)O1.c1c[nH]nn1. The number of benzene rings is 1. The summed E-state index contributed by atoms with van der Waals surface area (Å²) in [7, 11) is 1.58. The van der Waals surface area contributed by atoms with Gasteiger partial charge < -0.3 is 19.5 Å². The summed E-state index contributed by atoms with van der Waals surface area (Å²) in [5, 5.41) is 11.8. The fraction of sp³-hybridized carbons (Fsp3) is 0.308. The molecule has 1 aromatic heterocycles. The molecule has 0 bridgehead atoms. The lowest BCUT2D eigenvalue weighted by Gasteiger charge is -2.12. The monoisotopic (exact) mass is 292 g/mol. The first-order valence-electron chi connectivity index (χ1n) is 6.30. The fourth-order valence-corrected chi connectivity index (χ4v) is 1.61. The molecule has 1 amide bonds. The minimum Gasteiger partial charge on any atom is -0.493 e. The first kappa shape index (κ1) is 14.6. The van der Waals surface area contributed by atoms with E-state index in [0.717, 1.165) is 0 Å². The molecular weight excluding hydrogens is 276 g/mol. The van der Waals surface area contributed by atoms with Crippen LogP contribution in [-0.4, -0.2) is 47.9 Å². The molecule has 1 aliphatic rings. The smallest absolute Gasteiger partial charge is 0.407 e. The summed E-state index contributed by atoms with van der Waals surface area (Å²) in [6, 6.07) is 7.34. The number of carbonyl (C=O) groups excluding carboxylic acids is 1. The van der Waals surface area contributed by atoms with E-state index >= 15 is 0 Å². The Hall–Kier alpha value is -2.77. The van der Waals surface area contributed by atoms with Crippen LogP contribution in [0.4, 0.5) is 4.79 Å². The molecule has 1 aliphatic heterocycles. The van der Waals surface area contributed by atoms with Crippen molar-refractivity contribution in [2.75, 3.05) is 20.3 Å². The summed E-state index contributed by atoms with van der Waals surface area (Å²) < 4.78 is 15.6. The molecule has 8 nitrogen and oxygen atoms in total. The summed E-state index contributed by atoms with van der Waals surface area (Å²) in [6.07, 6.45) is 2.60. The van der Waals surface area contributed by atoms with Gasteiger partial charge >= 0.3 is 6.09 Å². The number of hydrogen-bond acceptors (Lipinski definition) is 6. The average Bonchev–Trinajstić information content (AvgIpc) is 3.20. The zero-order valence-corrected chi connectivity index (χ0v) is 11.5. The molecule has 1 unspecified atom stereocenters. The van der Waals surface area contributed by atoms with Crippen molar-refractivity contribution in [1.29, 1.82) is 0 Å². The van der Waals surface area contributed by atoms with Gasteiger partial charge in [0, 0.05) is 6.20 Å². The summed E-state index contributed by atoms with van der Waals surface area (Å²) in [5.41, 5.74) is 0. The number of carbonyl (C=O) groups is 1. The first-order valence-corrected chi connectivity index (χ1v) is 6.30. The Kier molecular flexibility index (Phi) is 5.39. The van der Waals surface area contributed by atoms with Crippen LogP contribution in [0.15, 0.2) is 36.7 Å². The third kappa shape index (κ3) is 4.68. The maximum Gasteiger partial charge on any atom is 0.407 e. The Bertz CT molecular complexity index is 530. The van der Waals surface area contributed by atoms with Crippen LogP contribution in [0.5, 0.6) is 11.5 Å². The molecule has 21 heavy (non-hydrogen) atoms. The fourth-order valence-electron chi connectivity index (χ4n) is 1.61. The highest BCUT2D eigenvalue weighted by Gasteiger charge is 2.23. The van der Waals surface area contributed by atoms with Crippen LogP contribution in [-0.2, 0) is 4.74 Å². The van der Waals surface area contributed by atoms with Crippen molar-refractivity contribution in [2.45, 2.75) is 6.10 Å². The van der Waals surface area contributed by atoms with Crippen molar-refractivity contribution < 1.29 is 19.0 Å². The Balaban J connectivity index is 0.000000272. The molecule has 1 fully saturated rings. The number of rotatable bonds is 4. The van der Waals surface area contributed by atoms with Gasteiger partial charge in [-0.2, -0.15) is 0 Å². The lowest BCUT2D eigenvalue weighted by atomic mass is 10.3. The number of nitrogens with zero attached hydrogens (tertiary/aromatic N) is 2. The molecule has 0 saturated carbocycles. The van der Waals surface area contributed by atoms with E-state index < -0.39 is 6.09 Å². The lowest BCUT2D eigenvalue weighted by molar-refractivity contribution is 0.103. The number of para-hydroxylation sites is 2. The van der Waals surface area contributed by atoms with Gasteiger partial charge in [0.25, 0.3) is 0 Å². The van der Waals surface area contributed by atoms with Gasteiger partial charge in [0.2, 0.25) is 0 Å². The Morgan fingerprint density at radius 3 is 2.71 bits per heavy atom. The largest absolute Gasteiger partial charge is 0.493 e. The van der Waals surface area contributed by atoms with E-state index in [1.807, 2.05) is 24.3 Å². The summed E-state index contributed by atoms with van der Waals surface area (Å²) in [4.78, 5) is 10.8. The molecular formula is C13H16N4O4. The van der Waals surface area contributed by atoms with E-state index in [9.17, 15) is 4.79 Å². The quantitative estimate of drug-likeness (QED) is 0.872. The maximum atomic E-state index is 10.8. The molecule has 1 aromatic carbocycles. The number of nitrogens with one attached hydrogen (secondary N) is 2. The minimum absolute atomic E-state index is 0.239. The van der Waals surface area contributed by atoms with Crippen molar-refractivity contribution >= 4 is 6.09 Å². The third-order valence-corrected chi connectivity index (χ3v) is 2.57. The number of ether oxygens (including phenoxy) is 3. The van der Waals surface area contributed by atoms with Gasteiger partial charge in [0.15, 0.2) is 17.6 Å². The number of amides is 1. The summed E-state index contributed by atoms with van der Waals surface area (Å²) in [6.45, 7) is 0.799. The Morgan fingerprint density at radius 1 is 1.38 bits per heavy atom. The van der Waals surface area contributed by atoms with E-state index in [0.29, 0.717) is 24.7 Å². The van der Waals surface area contributed by atoms with E-state index in [4.69, 9.17) is 14.2 Å². The molecule has 0 radical (unpaired) electrons. The van der Waals surface area contributed by atoms with Crippen LogP contribution >= 0.6 is 0 Å². The minimum atomic E-state index is -0.395. The van der Waals surface area contributed by atoms with Gasteiger partial charge in [0.05, 0.1) is 19.9 Å². The zero-order valence-electron chi connectivity index (χ0n) is 11.5. The molecule has 1 atom stereocenters. The number of aromatic amines is 1. The molecule has 2 heterocycles. The molecule has 0 spiro atoms. The molecule has 1 saturated heterocycles. The predicted molar refractivity (Wildman–Crippen MR) is 73.1 cm³/mol. The highest BCUT2D eigenvalue weighted by molar-refractivity contribution is 5.69. The third-order valence-electron chi connectivity index (χ3n) is 2.57. The van der Waals surface area contributed by atoms with Gasteiger partial charge in [0.1, 0.15) is 6.61 Å². The number of alkyl carbamates (subject to hydrolysis) is 1. The second-order valence-electron chi connectivity index (χ2n) is 4.03. The van der Waals surface area contributed by atoms with Crippen LogP contribution in [0.1, 0.15) is 0 Å². The van der Waals surface area contributed by atoms with Crippen LogP contribution < -0.4 is 14.8 Å². The van der Waals surface area contributed by atoms with E-state index in [1.165, 1.54) is 0 Å². The number of cyclic esters (lactones) is 1. The summed E-state index contributed by atoms with van der Waals surface area (Å²) >= 11 is 0. The Labute approximate surface area is 121 Å². The maximum absolute atomic E-state index is 10.8. The normalized spacial score (nSPS) is 16.2. The number of aromatic nitrogens is 3. The highest BCUT2D eigenvalue weighted by Crippen LogP contribution is 2.26. The van der Waals surface area contributed by atoms with Crippen molar-refractivity contribution in [3.8, 4) is 11.5 Å². The average molecular weight is 292 g/mol. The van der Waals surface area contributed by atoms with Crippen LogP contribution in [0, 0.1) is 0 Å². The molecule has 112 valence electrons. The van der Waals surface area contributed by atoms with Crippen molar-refractivity contribution in [2.24, 2.45) is 0 Å². The highest BCUT2D eigenvalue weighted by atomic mass is 16.6. The van der Waals surface area contributed by atoms with Crippen LogP contribution in [0.3, 0.4) is 0 Å². The molecule has 0 aliphatic carbocycles. The van der Waals surface area contributed by atoms with Gasteiger partial charge in [-0.1, -0.05) is 17.3 Å². The molecule has 2 aromatic rings. The summed E-state index contributed by atoms with van der Waals surface area (Å²) in [5.74, 6) is 1.31. The lowest BCUT2D eigenvalue weighted by Crippen LogP contribution is -2.22. The van der Waals surface area contributed by atoms with Gasteiger partial charge in [-0.15, -0.1) is 5.10 Å².